The highest BCUT2D eigenvalue weighted by Gasteiger charge is 2.56. The van der Waals surface area contributed by atoms with E-state index in [4.69, 9.17) is 9.10 Å². The fourth-order valence-electron chi connectivity index (χ4n) is 8.90. The Hall–Kier alpha value is -6.37. The molecule has 1 aromatic heterocycles. The van der Waals surface area contributed by atoms with E-state index in [2.05, 4.69) is 184 Å². The van der Waals surface area contributed by atoms with E-state index in [1.165, 1.54) is 0 Å². The Morgan fingerprint density at radius 1 is 0.500 bits per heavy atom. The lowest BCUT2D eigenvalue weighted by Crippen LogP contribution is -2.86. The van der Waals surface area contributed by atoms with Gasteiger partial charge >= 0.3 is 20.9 Å². The molecule has 2 aliphatic rings. The molecular formula is C50H41B3N4S. The summed E-state index contributed by atoms with van der Waals surface area (Å²) < 4.78 is 34.2. The zero-order chi connectivity index (χ0) is 41.6. The molecular weight excluding hydrogens is 721 g/mol. The van der Waals surface area contributed by atoms with Crippen LogP contribution in [0.25, 0.3) is 11.1 Å². The molecule has 1 saturated heterocycles. The molecule has 0 aliphatic carbocycles. The van der Waals surface area contributed by atoms with E-state index in [0.29, 0.717) is 0 Å². The van der Waals surface area contributed by atoms with Gasteiger partial charge in [-0.05, 0) is 81.1 Å². The largest absolute Gasteiger partial charge is 0.416 e. The molecule has 1 fully saturated rings. The summed E-state index contributed by atoms with van der Waals surface area (Å²) in [6.07, 6.45) is 1.88. The predicted molar refractivity (Wildman–Crippen MR) is 248 cm³/mol. The summed E-state index contributed by atoms with van der Waals surface area (Å²) in [4.78, 5) is 7.03. The van der Waals surface area contributed by atoms with E-state index < -0.39 is 12.3 Å². The van der Waals surface area contributed by atoms with Gasteiger partial charge in [-0.25, -0.2) is 4.98 Å². The van der Waals surface area contributed by atoms with E-state index in [0.717, 1.165) is 65.6 Å². The molecule has 4 nitrogen and oxygen atoms in total. The standard InChI is InChI=1S/C50H41B3N4S/c1-50(2)45-32-15-16-34-47(45)58-49-44(31-20-33-46(49)50)38-21-19-26-41(37-38)53-55(42-27-11-5-12-28-42)51(39-22-7-3-8-23-39)57(48-35-17-18-36-54-48)52(40-24-9-4-10-25-40)56(53)43-29-13-6-14-30-43/h3-37H,1-2H3/i1D3. The zero-order valence-electron chi connectivity index (χ0n) is 35.1. The van der Waals surface area contributed by atoms with E-state index in [-0.39, 0.29) is 20.9 Å². The first-order chi connectivity index (χ1) is 29.8. The van der Waals surface area contributed by atoms with Crippen molar-refractivity contribution in [3.63, 3.8) is 0 Å². The monoisotopic (exact) mass is 765 g/mol. The number of anilines is 3. The van der Waals surface area contributed by atoms with E-state index in [9.17, 15) is 0 Å². The number of hydrogen-bond donors (Lipinski definition) is 0. The molecule has 0 radical (unpaired) electrons. The van der Waals surface area contributed by atoms with Gasteiger partial charge in [0.1, 0.15) is 5.82 Å². The highest BCUT2D eigenvalue weighted by molar-refractivity contribution is 7.99. The van der Waals surface area contributed by atoms with Gasteiger partial charge in [0.2, 0.25) is 0 Å². The maximum Gasteiger partial charge on any atom is 0.390 e. The molecule has 58 heavy (non-hydrogen) atoms. The first-order valence-electron chi connectivity index (χ1n) is 21.3. The fourth-order valence-corrected chi connectivity index (χ4v) is 10.3. The van der Waals surface area contributed by atoms with Crippen molar-refractivity contribution >= 4 is 66.3 Å². The number of benzene rings is 7. The van der Waals surface area contributed by atoms with Crippen LogP contribution in [0.5, 0.6) is 0 Å². The van der Waals surface area contributed by atoms with Crippen molar-refractivity contribution in [2.75, 3.05) is 14.2 Å². The number of pyridine rings is 1. The first kappa shape index (κ1) is 32.7. The van der Waals surface area contributed by atoms with Gasteiger partial charge in [-0.1, -0.05) is 189 Å². The van der Waals surface area contributed by atoms with Crippen LogP contribution in [0.4, 0.5) is 17.2 Å². The van der Waals surface area contributed by atoms with Crippen LogP contribution >= 0.6 is 11.8 Å². The van der Waals surface area contributed by atoms with E-state index in [1.807, 2.05) is 49.5 Å². The topological polar surface area (TPSA) is 22.6 Å². The van der Waals surface area contributed by atoms with Crippen LogP contribution in [0.15, 0.2) is 222 Å². The summed E-state index contributed by atoms with van der Waals surface area (Å²) in [5, 5.41) is 0. The number of fused-ring (bicyclic) bond motifs is 2. The third-order valence-corrected chi connectivity index (χ3v) is 12.7. The fraction of sp³-hybridized carbons (Fsp3) is 0.0600. The minimum absolute atomic E-state index is 0.311. The quantitative estimate of drug-likeness (QED) is 0.151. The second-order valence-electron chi connectivity index (χ2n) is 15.1. The van der Waals surface area contributed by atoms with E-state index >= 15 is 0 Å². The van der Waals surface area contributed by atoms with Gasteiger partial charge in [0, 0.05) is 36.9 Å². The van der Waals surface area contributed by atoms with Crippen molar-refractivity contribution in [2.24, 2.45) is 0 Å². The summed E-state index contributed by atoms with van der Waals surface area (Å²) in [7, 11) is 0. The number of nitrogens with zero attached hydrogens (tertiary/aromatic N) is 4. The van der Waals surface area contributed by atoms with Crippen molar-refractivity contribution in [3.8, 4) is 11.1 Å². The number of rotatable bonds is 7. The summed E-state index contributed by atoms with van der Waals surface area (Å²) in [6.45, 7) is -1.36. The molecule has 0 saturated carbocycles. The maximum absolute atomic E-state index is 8.90. The van der Waals surface area contributed by atoms with Crippen LogP contribution in [-0.2, 0) is 5.41 Å². The van der Waals surface area contributed by atoms with Crippen LogP contribution < -0.4 is 30.6 Å². The van der Waals surface area contributed by atoms with Gasteiger partial charge in [-0.2, -0.15) is 0 Å². The highest BCUT2D eigenvalue weighted by atomic mass is 32.2. The lowest BCUT2D eigenvalue weighted by atomic mass is 9.37. The SMILES string of the molecule is [2H]C([2H])([2H])C1(C)c2ccccc2Sc2c(-c3cccc(B4N(c5ccccc5)B(c5ccccc5)N(c5ccccn5)B(c5ccccc5)N4c4ccccc4)c3)cccc21. The third-order valence-electron chi connectivity index (χ3n) is 11.5. The van der Waals surface area contributed by atoms with Crippen LogP contribution in [0, 0.1) is 0 Å². The van der Waals surface area contributed by atoms with Crippen LogP contribution in [0.2, 0.25) is 0 Å². The molecule has 0 spiro atoms. The minimum atomic E-state index is -2.27. The van der Waals surface area contributed by atoms with Gasteiger partial charge in [0.15, 0.2) is 0 Å². The molecule has 0 N–H and O–H groups in total. The van der Waals surface area contributed by atoms with Gasteiger partial charge in [0.25, 0.3) is 0 Å². The van der Waals surface area contributed by atoms with E-state index in [1.54, 1.807) is 11.8 Å². The minimum Gasteiger partial charge on any atom is -0.416 e. The second kappa shape index (κ2) is 15.2. The number of aromatic nitrogens is 1. The molecule has 1 atom stereocenters. The average Bonchev–Trinajstić information content (AvgIpc) is 3.31. The van der Waals surface area contributed by atoms with Crippen molar-refractivity contribution in [2.45, 2.75) is 29.0 Å². The first-order valence-corrected chi connectivity index (χ1v) is 20.6. The smallest absolute Gasteiger partial charge is 0.390 e. The molecule has 0 amide bonds. The maximum atomic E-state index is 8.90. The second-order valence-corrected chi connectivity index (χ2v) is 16.1. The summed E-state index contributed by atoms with van der Waals surface area (Å²) in [6, 6.07) is 72.1. The Balaban J connectivity index is 1.25. The van der Waals surface area contributed by atoms with Crippen molar-refractivity contribution in [3.05, 3.63) is 224 Å². The van der Waals surface area contributed by atoms with Crippen molar-refractivity contribution < 1.29 is 4.11 Å². The lowest BCUT2D eigenvalue weighted by Gasteiger charge is -2.56. The Morgan fingerprint density at radius 3 is 1.62 bits per heavy atom. The Bertz CT molecular complexity index is 2700. The van der Waals surface area contributed by atoms with Crippen LogP contribution in [0.3, 0.4) is 0 Å². The van der Waals surface area contributed by atoms with Gasteiger partial charge < -0.3 is 14.2 Å². The summed E-state index contributed by atoms with van der Waals surface area (Å²) in [5.41, 5.74) is 7.97. The number of para-hydroxylation sites is 2. The highest BCUT2D eigenvalue weighted by Crippen LogP contribution is 2.52. The molecule has 8 heteroatoms. The molecule has 7 aromatic carbocycles. The molecule has 8 aromatic rings. The molecule has 0 bridgehead atoms. The molecule has 276 valence electrons. The Labute approximate surface area is 351 Å². The third kappa shape index (κ3) is 6.29. The Kier molecular flexibility index (Phi) is 8.56. The Morgan fingerprint density at radius 2 is 1.02 bits per heavy atom. The van der Waals surface area contributed by atoms with Gasteiger partial charge in [0.05, 0.1) is 0 Å². The normalized spacial score (nSPS) is 17.2. The molecule has 10 rings (SSSR count). The summed E-state index contributed by atoms with van der Waals surface area (Å²) in [5.74, 6) is 0.852. The van der Waals surface area contributed by atoms with Crippen molar-refractivity contribution in [1.82, 2.24) is 4.98 Å². The predicted octanol–water partition coefficient (Wildman–Crippen LogP) is 9.56. The molecule has 1 unspecified atom stereocenters. The summed E-state index contributed by atoms with van der Waals surface area (Å²) >= 11 is 1.67. The van der Waals surface area contributed by atoms with Gasteiger partial charge in [-0.15, -0.1) is 0 Å². The average molecular weight is 765 g/mol. The van der Waals surface area contributed by atoms with Crippen LogP contribution in [0.1, 0.15) is 29.0 Å². The van der Waals surface area contributed by atoms with Crippen molar-refractivity contribution in [1.29, 1.82) is 0 Å². The zero-order valence-corrected chi connectivity index (χ0v) is 33.0. The number of hydrogen-bond acceptors (Lipinski definition) is 5. The van der Waals surface area contributed by atoms with Crippen LogP contribution in [-0.4, -0.2) is 25.9 Å². The lowest BCUT2D eigenvalue weighted by molar-refractivity contribution is 0.608. The van der Waals surface area contributed by atoms with Gasteiger partial charge in [-0.3, -0.25) is 0 Å². The molecule has 2 aliphatic heterocycles. The molecule has 3 heterocycles.